The molecular weight excluding hydrogens is 652 g/mol. The predicted octanol–water partition coefficient (Wildman–Crippen LogP) is 7.67. The second-order valence-corrected chi connectivity index (χ2v) is 14.1. The third-order valence-corrected chi connectivity index (χ3v) is 10.8. The van der Waals surface area contributed by atoms with E-state index in [9.17, 15) is 18.0 Å². The van der Waals surface area contributed by atoms with Crippen LogP contribution in [0.25, 0.3) is 0 Å². The maximum Gasteiger partial charge on any atom is 0.264 e. The maximum atomic E-state index is 14.3. The van der Waals surface area contributed by atoms with Crippen LogP contribution in [0, 0.1) is 6.92 Å². The molecule has 3 aromatic rings. The molecule has 1 N–H and O–H groups in total. The summed E-state index contributed by atoms with van der Waals surface area (Å²) in [5.74, 6) is -0.931. The number of halogens is 4. The van der Waals surface area contributed by atoms with E-state index in [4.69, 9.17) is 46.4 Å². The van der Waals surface area contributed by atoms with E-state index in [-0.39, 0.29) is 45.5 Å². The van der Waals surface area contributed by atoms with Crippen molar-refractivity contribution >= 4 is 73.9 Å². The minimum atomic E-state index is -4.26. The SMILES string of the molecule is CC[C@@H](C(=O)NC1CCCC1)N(Cc1c(Cl)cccc1Cl)C(=O)CN(c1ccc(Cl)c(Cl)c1)S(=O)(=O)c1ccc(C)cc1. The topological polar surface area (TPSA) is 86.8 Å². The number of hydrogen-bond donors (Lipinski definition) is 1. The summed E-state index contributed by atoms with van der Waals surface area (Å²) < 4.78 is 29.0. The number of carbonyl (C=O) groups excluding carboxylic acids is 2. The van der Waals surface area contributed by atoms with Crippen LogP contribution in [0.15, 0.2) is 65.6 Å². The monoisotopic (exact) mass is 683 g/mol. The molecule has 230 valence electrons. The van der Waals surface area contributed by atoms with Crippen molar-refractivity contribution in [1.29, 1.82) is 0 Å². The van der Waals surface area contributed by atoms with Gasteiger partial charge in [-0.05, 0) is 68.7 Å². The van der Waals surface area contributed by atoms with Gasteiger partial charge in [-0.1, -0.05) is 89.9 Å². The summed E-state index contributed by atoms with van der Waals surface area (Å²) in [7, 11) is -4.26. The Bertz CT molecular complexity index is 1560. The minimum absolute atomic E-state index is 0.0105. The van der Waals surface area contributed by atoms with E-state index in [0.29, 0.717) is 15.6 Å². The number of hydrogen-bond acceptors (Lipinski definition) is 4. The van der Waals surface area contributed by atoms with Gasteiger partial charge in [-0.3, -0.25) is 13.9 Å². The number of sulfonamides is 1. The van der Waals surface area contributed by atoms with Crippen LogP contribution in [0.2, 0.25) is 20.1 Å². The molecule has 1 aliphatic carbocycles. The van der Waals surface area contributed by atoms with Crippen molar-refractivity contribution < 1.29 is 18.0 Å². The number of carbonyl (C=O) groups is 2. The zero-order chi connectivity index (χ0) is 31.3. The molecule has 0 heterocycles. The first-order chi connectivity index (χ1) is 20.4. The number of nitrogens with zero attached hydrogens (tertiary/aromatic N) is 2. The highest BCUT2D eigenvalue weighted by molar-refractivity contribution is 7.92. The lowest BCUT2D eigenvalue weighted by atomic mass is 10.1. The highest BCUT2D eigenvalue weighted by Crippen LogP contribution is 2.32. The maximum absolute atomic E-state index is 14.3. The zero-order valence-electron chi connectivity index (χ0n) is 23.8. The van der Waals surface area contributed by atoms with Crippen LogP contribution in [0.1, 0.15) is 50.2 Å². The number of aryl methyl sites for hydroxylation is 1. The zero-order valence-corrected chi connectivity index (χ0v) is 27.7. The van der Waals surface area contributed by atoms with E-state index in [0.717, 1.165) is 35.6 Å². The van der Waals surface area contributed by atoms with Gasteiger partial charge in [0.05, 0.1) is 20.6 Å². The van der Waals surface area contributed by atoms with E-state index in [1.165, 1.54) is 35.2 Å². The molecule has 43 heavy (non-hydrogen) atoms. The van der Waals surface area contributed by atoms with E-state index in [1.807, 2.05) is 6.92 Å². The molecule has 0 aromatic heterocycles. The molecule has 1 saturated carbocycles. The predicted molar refractivity (Wildman–Crippen MR) is 174 cm³/mol. The molecular formula is C31H33Cl4N3O4S. The third kappa shape index (κ3) is 7.97. The van der Waals surface area contributed by atoms with Crippen LogP contribution < -0.4 is 9.62 Å². The van der Waals surface area contributed by atoms with Crippen molar-refractivity contribution in [2.45, 2.75) is 69.5 Å². The Balaban J connectivity index is 1.76. The number of nitrogens with one attached hydrogen (secondary N) is 1. The average Bonchev–Trinajstić information content (AvgIpc) is 3.47. The van der Waals surface area contributed by atoms with Gasteiger partial charge in [-0.25, -0.2) is 8.42 Å². The van der Waals surface area contributed by atoms with Crippen LogP contribution in [0.3, 0.4) is 0 Å². The Morgan fingerprint density at radius 1 is 0.907 bits per heavy atom. The molecule has 0 aliphatic heterocycles. The molecule has 1 fully saturated rings. The second-order valence-electron chi connectivity index (χ2n) is 10.6. The fourth-order valence-corrected chi connectivity index (χ4v) is 7.36. The van der Waals surface area contributed by atoms with Gasteiger partial charge in [-0.15, -0.1) is 0 Å². The highest BCUT2D eigenvalue weighted by atomic mass is 35.5. The Morgan fingerprint density at radius 3 is 2.12 bits per heavy atom. The van der Waals surface area contributed by atoms with Gasteiger partial charge in [0.1, 0.15) is 12.6 Å². The molecule has 2 amide bonds. The third-order valence-electron chi connectivity index (χ3n) is 7.56. The Kier molecular flexibility index (Phi) is 11.3. The lowest BCUT2D eigenvalue weighted by Gasteiger charge is -2.34. The molecule has 1 aliphatic rings. The second kappa shape index (κ2) is 14.5. The molecule has 0 saturated heterocycles. The molecule has 0 bridgehead atoms. The largest absolute Gasteiger partial charge is 0.352 e. The van der Waals surface area contributed by atoms with Crippen molar-refractivity contribution in [3.8, 4) is 0 Å². The fraction of sp³-hybridized carbons (Fsp3) is 0.355. The van der Waals surface area contributed by atoms with Gasteiger partial charge < -0.3 is 10.2 Å². The lowest BCUT2D eigenvalue weighted by Crippen LogP contribution is -2.53. The molecule has 3 aromatic carbocycles. The van der Waals surface area contributed by atoms with Crippen molar-refractivity contribution in [2.75, 3.05) is 10.8 Å². The normalized spacial score (nSPS) is 14.4. The van der Waals surface area contributed by atoms with E-state index in [1.54, 1.807) is 37.3 Å². The summed E-state index contributed by atoms with van der Waals surface area (Å²) in [5.41, 5.74) is 1.47. The number of rotatable bonds is 11. The summed E-state index contributed by atoms with van der Waals surface area (Å²) in [6.45, 7) is 2.92. The summed E-state index contributed by atoms with van der Waals surface area (Å²) >= 11 is 25.4. The molecule has 12 heteroatoms. The van der Waals surface area contributed by atoms with Crippen molar-refractivity contribution in [2.24, 2.45) is 0 Å². The number of anilines is 1. The Hall–Kier alpha value is -2.49. The first-order valence-electron chi connectivity index (χ1n) is 14.0. The van der Waals surface area contributed by atoms with Gasteiger partial charge in [0.25, 0.3) is 10.0 Å². The summed E-state index contributed by atoms with van der Waals surface area (Å²) in [5, 5.41) is 4.08. The Morgan fingerprint density at radius 2 is 1.53 bits per heavy atom. The van der Waals surface area contributed by atoms with Crippen molar-refractivity contribution in [1.82, 2.24) is 10.2 Å². The smallest absolute Gasteiger partial charge is 0.264 e. The molecule has 0 unspecified atom stereocenters. The Labute approximate surface area is 273 Å². The molecule has 1 atom stereocenters. The summed E-state index contributed by atoms with van der Waals surface area (Å²) in [6, 6.07) is 14.7. The van der Waals surface area contributed by atoms with Gasteiger partial charge in [0.2, 0.25) is 11.8 Å². The van der Waals surface area contributed by atoms with Gasteiger partial charge in [0, 0.05) is 28.2 Å². The quantitative estimate of drug-likeness (QED) is 0.225. The van der Waals surface area contributed by atoms with Crippen LogP contribution in [-0.4, -0.2) is 43.8 Å². The first-order valence-corrected chi connectivity index (χ1v) is 16.9. The summed E-state index contributed by atoms with van der Waals surface area (Å²) in [4.78, 5) is 29.2. The van der Waals surface area contributed by atoms with Gasteiger partial charge >= 0.3 is 0 Å². The summed E-state index contributed by atoms with van der Waals surface area (Å²) in [6.07, 6.45) is 4.06. The van der Waals surface area contributed by atoms with Gasteiger partial charge in [0.15, 0.2) is 0 Å². The number of benzene rings is 3. The highest BCUT2D eigenvalue weighted by Gasteiger charge is 2.35. The van der Waals surface area contributed by atoms with E-state index < -0.39 is 28.5 Å². The lowest BCUT2D eigenvalue weighted by molar-refractivity contribution is -0.140. The van der Waals surface area contributed by atoms with Crippen LogP contribution in [0.5, 0.6) is 0 Å². The standard InChI is InChI=1S/C31H33Cl4N3O4S/c1-3-29(31(40)36-21-7-4-5-8-21)37(18-24-25(32)9-6-10-26(24)33)30(39)19-38(22-13-16-27(34)28(35)17-22)43(41,42)23-14-11-20(2)12-15-23/h6,9-17,21,29H,3-5,7-8,18-19H2,1-2H3,(H,36,40)/t29-/m0/s1. The van der Waals surface area contributed by atoms with Crippen molar-refractivity contribution in [3.63, 3.8) is 0 Å². The van der Waals surface area contributed by atoms with Crippen LogP contribution >= 0.6 is 46.4 Å². The molecule has 7 nitrogen and oxygen atoms in total. The van der Waals surface area contributed by atoms with Gasteiger partial charge in [-0.2, -0.15) is 0 Å². The first kappa shape index (κ1) is 33.4. The van der Waals surface area contributed by atoms with E-state index in [2.05, 4.69) is 5.32 Å². The van der Waals surface area contributed by atoms with E-state index >= 15 is 0 Å². The molecule has 0 radical (unpaired) electrons. The fourth-order valence-electron chi connectivity index (χ4n) is 5.15. The van der Waals surface area contributed by atoms with Crippen LogP contribution in [0.4, 0.5) is 5.69 Å². The van der Waals surface area contributed by atoms with Crippen LogP contribution in [-0.2, 0) is 26.2 Å². The minimum Gasteiger partial charge on any atom is -0.352 e. The molecule has 4 rings (SSSR count). The van der Waals surface area contributed by atoms with Crippen molar-refractivity contribution in [3.05, 3.63) is 91.9 Å². The average molecular weight is 686 g/mol. The number of amides is 2. The molecule has 0 spiro atoms.